The van der Waals surface area contributed by atoms with Gasteiger partial charge in [0.25, 0.3) is 0 Å². The van der Waals surface area contributed by atoms with Crippen LogP contribution in [0.5, 0.6) is 0 Å². The SMILES string of the molecule is CC(=O)c1cnn(-c2c(F)ccc(Cl)c2F)c1. The minimum atomic E-state index is -0.912. The van der Waals surface area contributed by atoms with Crippen molar-refractivity contribution in [2.75, 3.05) is 0 Å². The van der Waals surface area contributed by atoms with Gasteiger partial charge in [0.15, 0.2) is 17.4 Å². The number of ketones is 1. The van der Waals surface area contributed by atoms with Gasteiger partial charge in [-0.2, -0.15) is 5.10 Å². The van der Waals surface area contributed by atoms with Gasteiger partial charge in [0.2, 0.25) is 0 Å². The molecule has 2 aromatic rings. The Balaban J connectivity index is 2.60. The highest BCUT2D eigenvalue weighted by molar-refractivity contribution is 6.30. The molecule has 1 heterocycles. The number of rotatable bonds is 2. The van der Waals surface area contributed by atoms with Crippen LogP contribution in [-0.4, -0.2) is 15.6 Å². The number of carbonyl (C=O) groups excluding carboxylic acids is 1. The van der Waals surface area contributed by atoms with Crippen molar-refractivity contribution in [2.45, 2.75) is 6.92 Å². The summed E-state index contributed by atoms with van der Waals surface area (Å²) in [7, 11) is 0. The maximum absolute atomic E-state index is 13.6. The van der Waals surface area contributed by atoms with Gasteiger partial charge in [0, 0.05) is 6.20 Å². The van der Waals surface area contributed by atoms with E-state index in [1.807, 2.05) is 0 Å². The highest BCUT2D eigenvalue weighted by Crippen LogP contribution is 2.24. The van der Waals surface area contributed by atoms with Gasteiger partial charge in [-0.15, -0.1) is 0 Å². The fraction of sp³-hybridized carbons (Fsp3) is 0.0909. The molecule has 0 bridgehead atoms. The number of aromatic nitrogens is 2. The van der Waals surface area contributed by atoms with Crippen LogP contribution < -0.4 is 0 Å². The standard InChI is InChI=1S/C11H7ClF2N2O/c1-6(17)7-4-15-16(5-7)11-9(13)3-2-8(12)10(11)14/h2-5H,1H3. The van der Waals surface area contributed by atoms with Gasteiger partial charge in [-0.1, -0.05) is 11.6 Å². The van der Waals surface area contributed by atoms with Crippen LogP contribution in [0.2, 0.25) is 5.02 Å². The third-order valence-corrected chi connectivity index (χ3v) is 2.53. The second-order valence-electron chi connectivity index (χ2n) is 3.42. The molecule has 0 aliphatic carbocycles. The van der Waals surface area contributed by atoms with E-state index < -0.39 is 17.3 Å². The minimum Gasteiger partial charge on any atom is -0.294 e. The number of nitrogens with zero attached hydrogens (tertiary/aromatic N) is 2. The van der Waals surface area contributed by atoms with Crippen LogP contribution in [0.1, 0.15) is 17.3 Å². The van der Waals surface area contributed by atoms with Crippen LogP contribution in [0.15, 0.2) is 24.5 Å². The number of Topliss-reactive ketones (excluding diaryl/α,β-unsaturated/α-hetero) is 1. The molecule has 0 atom stereocenters. The van der Waals surface area contributed by atoms with Gasteiger partial charge in [0.05, 0.1) is 16.8 Å². The molecule has 2 rings (SSSR count). The van der Waals surface area contributed by atoms with E-state index >= 15 is 0 Å². The molecule has 0 unspecified atom stereocenters. The summed E-state index contributed by atoms with van der Waals surface area (Å²) >= 11 is 5.56. The summed E-state index contributed by atoms with van der Waals surface area (Å²) in [5.41, 5.74) is -0.131. The fourth-order valence-electron chi connectivity index (χ4n) is 1.35. The molecule has 17 heavy (non-hydrogen) atoms. The zero-order valence-corrected chi connectivity index (χ0v) is 9.50. The largest absolute Gasteiger partial charge is 0.294 e. The normalized spacial score (nSPS) is 10.6. The smallest absolute Gasteiger partial charge is 0.170 e. The van der Waals surface area contributed by atoms with Gasteiger partial charge in [-0.25, -0.2) is 13.5 Å². The second-order valence-corrected chi connectivity index (χ2v) is 3.83. The molecule has 3 nitrogen and oxygen atoms in total. The van der Waals surface area contributed by atoms with E-state index in [1.165, 1.54) is 19.3 Å². The molecule has 0 saturated carbocycles. The Bertz CT molecular complexity index is 595. The first kappa shape index (κ1) is 11.7. The Morgan fingerprint density at radius 3 is 2.71 bits per heavy atom. The molecule has 0 amide bonds. The number of hydrogen-bond donors (Lipinski definition) is 0. The van der Waals surface area contributed by atoms with Gasteiger partial charge >= 0.3 is 0 Å². The molecule has 0 aliphatic heterocycles. The molecule has 6 heteroatoms. The first-order valence-corrected chi connectivity index (χ1v) is 5.08. The molecule has 1 aromatic carbocycles. The van der Waals surface area contributed by atoms with Crippen molar-refractivity contribution in [1.82, 2.24) is 9.78 Å². The van der Waals surface area contributed by atoms with Gasteiger partial charge < -0.3 is 0 Å². The molecular weight excluding hydrogens is 250 g/mol. The highest BCUT2D eigenvalue weighted by atomic mass is 35.5. The molecule has 88 valence electrons. The predicted octanol–water partition coefficient (Wildman–Crippen LogP) is 3.01. The lowest BCUT2D eigenvalue weighted by Gasteiger charge is -2.05. The van der Waals surface area contributed by atoms with Gasteiger partial charge in [-0.3, -0.25) is 4.79 Å². The topological polar surface area (TPSA) is 34.9 Å². The van der Waals surface area contributed by atoms with E-state index in [2.05, 4.69) is 5.10 Å². The van der Waals surface area contributed by atoms with Crippen LogP contribution >= 0.6 is 11.6 Å². The zero-order valence-electron chi connectivity index (χ0n) is 8.75. The van der Waals surface area contributed by atoms with Crippen molar-refractivity contribution in [3.05, 3.63) is 46.7 Å². The van der Waals surface area contributed by atoms with E-state index in [0.717, 1.165) is 16.8 Å². The first-order chi connectivity index (χ1) is 8.00. The number of halogens is 3. The van der Waals surface area contributed by atoms with Crippen LogP contribution in [0, 0.1) is 11.6 Å². The second kappa shape index (κ2) is 4.25. The molecule has 0 fully saturated rings. The fourth-order valence-corrected chi connectivity index (χ4v) is 1.51. The lowest BCUT2D eigenvalue weighted by Crippen LogP contribution is -2.02. The van der Waals surface area contributed by atoms with Crippen molar-refractivity contribution in [1.29, 1.82) is 0 Å². The predicted molar refractivity (Wildman–Crippen MR) is 58.5 cm³/mol. The van der Waals surface area contributed by atoms with E-state index in [4.69, 9.17) is 11.6 Å². The molecule has 0 aliphatic rings. The van der Waals surface area contributed by atoms with Crippen molar-refractivity contribution in [3.63, 3.8) is 0 Å². The monoisotopic (exact) mass is 256 g/mol. The number of carbonyl (C=O) groups is 1. The third-order valence-electron chi connectivity index (χ3n) is 2.24. The van der Waals surface area contributed by atoms with Crippen LogP contribution in [-0.2, 0) is 0 Å². The maximum Gasteiger partial charge on any atom is 0.170 e. The molecular formula is C11H7ClF2N2O. The van der Waals surface area contributed by atoms with Gasteiger partial charge in [-0.05, 0) is 19.1 Å². The third kappa shape index (κ3) is 2.06. The lowest BCUT2D eigenvalue weighted by atomic mass is 10.2. The van der Waals surface area contributed by atoms with Crippen LogP contribution in [0.3, 0.4) is 0 Å². The molecule has 0 saturated heterocycles. The maximum atomic E-state index is 13.6. The van der Waals surface area contributed by atoms with E-state index in [0.29, 0.717) is 0 Å². The van der Waals surface area contributed by atoms with Crippen LogP contribution in [0.4, 0.5) is 8.78 Å². The summed E-state index contributed by atoms with van der Waals surface area (Å²) in [6.45, 7) is 1.34. The summed E-state index contributed by atoms with van der Waals surface area (Å²) in [6, 6.07) is 2.15. The van der Waals surface area contributed by atoms with Crippen molar-refractivity contribution in [3.8, 4) is 5.69 Å². The Morgan fingerprint density at radius 2 is 2.12 bits per heavy atom. The molecule has 1 aromatic heterocycles. The zero-order chi connectivity index (χ0) is 12.6. The van der Waals surface area contributed by atoms with Crippen molar-refractivity contribution in [2.24, 2.45) is 0 Å². The van der Waals surface area contributed by atoms with Crippen molar-refractivity contribution >= 4 is 17.4 Å². The Kier molecular flexibility index (Phi) is 2.93. The molecule has 0 spiro atoms. The summed E-state index contributed by atoms with van der Waals surface area (Å²) in [4.78, 5) is 11.1. The first-order valence-electron chi connectivity index (χ1n) is 4.70. The summed E-state index contributed by atoms with van der Waals surface area (Å²) in [5, 5.41) is 3.52. The van der Waals surface area contributed by atoms with Gasteiger partial charge in [0.1, 0.15) is 5.69 Å². The van der Waals surface area contributed by atoms with Crippen molar-refractivity contribution < 1.29 is 13.6 Å². The lowest BCUT2D eigenvalue weighted by molar-refractivity contribution is 0.101. The number of hydrogen-bond acceptors (Lipinski definition) is 2. The minimum absolute atomic E-state index is 0.207. The average Bonchev–Trinajstić information content (AvgIpc) is 2.73. The quantitative estimate of drug-likeness (QED) is 0.612. The number of benzene rings is 1. The van der Waals surface area contributed by atoms with E-state index in [1.54, 1.807) is 0 Å². The molecule has 0 N–H and O–H groups in total. The van der Waals surface area contributed by atoms with E-state index in [-0.39, 0.29) is 16.4 Å². The average molecular weight is 257 g/mol. The Hall–Kier alpha value is -1.75. The summed E-state index contributed by atoms with van der Waals surface area (Å²) < 4.78 is 28.1. The Morgan fingerprint density at radius 1 is 1.41 bits per heavy atom. The van der Waals surface area contributed by atoms with Crippen LogP contribution in [0.25, 0.3) is 5.69 Å². The molecule has 0 radical (unpaired) electrons. The highest BCUT2D eigenvalue weighted by Gasteiger charge is 2.16. The Labute approximate surface area is 101 Å². The van der Waals surface area contributed by atoms with E-state index in [9.17, 15) is 13.6 Å². The summed E-state index contributed by atoms with van der Waals surface area (Å²) in [6.07, 6.45) is 2.49. The summed E-state index contributed by atoms with van der Waals surface area (Å²) in [5.74, 6) is -1.95.